The summed E-state index contributed by atoms with van der Waals surface area (Å²) in [5, 5.41) is 17.5. The van der Waals surface area contributed by atoms with E-state index < -0.39 is 0 Å². The van der Waals surface area contributed by atoms with Crippen LogP contribution in [0.3, 0.4) is 0 Å². The van der Waals surface area contributed by atoms with Crippen LogP contribution < -0.4 is 0 Å². The molecule has 0 saturated carbocycles. The Morgan fingerprint density at radius 1 is 1.17 bits per heavy atom. The minimum absolute atomic E-state index is 0.120. The standard InChI is InChI=1S/C15H10N2S/c1-11-5-6-15(18-11)14-4-2-3-12(8-14)7-13(9-16)10-17/h2-8H,1H3. The summed E-state index contributed by atoms with van der Waals surface area (Å²) in [4.78, 5) is 2.46. The smallest absolute Gasteiger partial charge is 0.130 e. The van der Waals surface area contributed by atoms with Gasteiger partial charge in [-0.15, -0.1) is 11.3 Å². The average Bonchev–Trinajstić information content (AvgIpc) is 2.83. The molecule has 1 heterocycles. The molecule has 0 atom stereocenters. The van der Waals surface area contributed by atoms with Crippen LogP contribution in [0.25, 0.3) is 16.5 Å². The van der Waals surface area contributed by atoms with Crippen LogP contribution in [-0.4, -0.2) is 0 Å². The minimum Gasteiger partial charge on any atom is -0.192 e. The fourth-order valence-corrected chi connectivity index (χ4v) is 2.49. The van der Waals surface area contributed by atoms with E-state index in [4.69, 9.17) is 10.5 Å². The van der Waals surface area contributed by atoms with Gasteiger partial charge in [0.05, 0.1) is 0 Å². The predicted molar refractivity (Wildman–Crippen MR) is 73.7 cm³/mol. The number of hydrogen-bond acceptors (Lipinski definition) is 3. The summed E-state index contributed by atoms with van der Waals surface area (Å²) < 4.78 is 0. The van der Waals surface area contributed by atoms with E-state index in [1.54, 1.807) is 17.4 Å². The van der Waals surface area contributed by atoms with Crippen LogP contribution in [0.1, 0.15) is 10.4 Å². The van der Waals surface area contributed by atoms with Crippen LogP contribution in [0, 0.1) is 29.6 Å². The van der Waals surface area contributed by atoms with Crippen molar-refractivity contribution in [1.82, 2.24) is 0 Å². The van der Waals surface area contributed by atoms with Crippen molar-refractivity contribution in [2.45, 2.75) is 6.92 Å². The van der Waals surface area contributed by atoms with Crippen molar-refractivity contribution >= 4 is 17.4 Å². The van der Waals surface area contributed by atoms with Gasteiger partial charge in [0.15, 0.2) is 0 Å². The fraction of sp³-hybridized carbons (Fsp3) is 0.0667. The van der Waals surface area contributed by atoms with E-state index in [1.165, 1.54) is 9.75 Å². The summed E-state index contributed by atoms with van der Waals surface area (Å²) in [6.07, 6.45) is 1.60. The molecule has 2 nitrogen and oxygen atoms in total. The van der Waals surface area contributed by atoms with E-state index in [0.29, 0.717) is 0 Å². The Balaban J connectivity index is 2.41. The Bertz CT molecular complexity index is 665. The van der Waals surface area contributed by atoms with Crippen LogP contribution in [0.4, 0.5) is 0 Å². The van der Waals surface area contributed by atoms with E-state index in [-0.39, 0.29) is 5.57 Å². The first-order valence-electron chi connectivity index (χ1n) is 5.41. The summed E-state index contributed by atoms with van der Waals surface area (Å²) in [5.41, 5.74) is 2.10. The number of nitrogens with zero attached hydrogens (tertiary/aromatic N) is 2. The summed E-state index contributed by atoms with van der Waals surface area (Å²) in [6.45, 7) is 2.07. The molecule has 3 heteroatoms. The highest BCUT2D eigenvalue weighted by Gasteiger charge is 2.01. The molecule has 0 bridgehead atoms. The van der Waals surface area contributed by atoms with Crippen LogP contribution in [-0.2, 0) is 0 Å². The molecule has 86 valence electrons. The van der Waals surface area contributed by atoms with E-state index in [9.17, 15) is 0 Å². The van der Waals surface area contributed by atoms with Gasteiger partial charge < -0.3 is 0 Å². The van der Waals surface area contributed by atoms with Crippen molar-refractivity contribution in [3.8, 4) is 22.6 Å². The van der Waals surface area contributed by atoms with Gasteiger partial charge in [-0.2, -0.15) is 10.5 Å². The van der Waals surface area contributed by atoms with Crippen molar-refractivity contribution in [1.29, 1.82) is 10.5 Å². The molecular formula is C15H10N2S. The van der Waals surface area contributed by atoms with Crippen molar-refractivity contribution < 1.29 is 0 Å². The van der Waals surface area contributed by atoms with E-state index in [0.717, 1.165) is 11.1 Å². The number of benzene rings is 1. The number of rotatable bonds is 2. The van der Waals surface area contributed by atoms with Gasteiger partial charge in [0, 0.05) is 9.75 Å². The quantitative estimate of drug-likeness (QED) is 0.751. The van der Waals surface area contributed by atoms with Crippen LogP contribution in [0.2, 0.25) is 0 Å². The van der Waals surface area contributed by atoms with Crippen LogP contribution in [0.15, 0.2) is 42.0 Å². The number of hydrogen-bond donors (Lipinski definition) is 0. The Labute approximate surface area is 110 Å². The van der Waals surface area contributed by atoms with E-state index >= 15 is 0 Å². The molecule has 0 fully saturated rings. The van der Waals surface area contributed by atoms with E-state index in [2.05, 4.69) is 19.1 Å². The number of allylic oxidation sites excluding steroid dienone is 1. The Hall–Kier alpha value is -2.36. The highest BCUT2D eigenvalue weighted by molar-refractivity contribution is 7.15. The third kappa shape index (κ3) is 2.66. The second-order valence-electron chi connectivity index (χ2n) is 3.82. The minimum atomic E-state index is 0.120. The molecule has 1 aromatic carbocycles. The molecule has 18 heavy (non-hydrogen) atoms. The average molecular weight is 250 g/mol. The molecule has 2 aromatic rings. The molecule has 1 aromatic heterocycles. The van der Waals surface area contributed by atoms with Crippen molar-refractivity contribution in [2.75, 3.05) is 0 Å². The summed E-state index contributed by atoms with van der Waals surface area (Å²) >= 11 is 1.73. The number of thiophene rings is 1. The highest BCUT2D eigenvalue weighted by atomic mass is 32.1. The second-order valence-corrected chi connectivity index (χ2v) is 5.11. The highest BCUT2D eigenvalue weighted by Crippen LogP contribution is 2.28. The van der Waals surface area contributed by atoms with Gasteiger partial charge in [0.1, 0.15) is 17.7 Å². The van der Waals surface area contributed by atoms with Crippen molar-refractivity contribution in [3.63, 3.8) is 0 Å². The lowest BCUT2D eigenvalue weighted by molar-refractivity contribution is 1.47. The summed E-state index contributed by atoms with van der Waals surface area (Å²) in [6, 6.07) is 15.7. The molecule has 0 N–H and O–H groups in total. The van der Waals surface area contributed by atoms with Gasteiger partial charge in [-0.25, -0.2) is 0 Å². The number of nitriles is 2. The van der Waals surface area contributed by atoms with Crippen LogP contribution in [0.5, 0.6) is 0 Å². The Morgan fingerprint density at radius 3 is 2.56 bits per heavy atom. The Kier molecular flexibility index (Phi) is 3.57. The van der Waals surface area contributed by atoms with Gasteiger partial charge in [0.2, 0.25) is 0 Å². The first-order valence-corrected chi connectivity index (χ1v) is 6.23. The first-order chi connectivity index (χ1) is 8.72. The molecule has 0 aliphatic rings. The maximum absolute atomic E-state index is 8.74. The van der Waals surface area contributed by atoms with Gasteiger partial charge in [-0.3, -0.25) is 0 Å². The third-order valence-corrected chi connectivity index (χ3v) is 3.51. The molecule has 0 aliphatic carbocycles. The predicted octanol–water partition coefficient (Wildman–Crippen LogP) is 4.15. The maximum atomic E-state index is 8.74. The number of aryl methyl sites for hydroxylation is 1. The zero-order chi connectivity index (χ0) is 13.0. The first kappa shape index (κ1) is 12.1. The van der Waals surface area contributed by atoms with Gasteiger partial charge in [0.25, 0.3) is 0 Å². The molecule has 2 rings (SSSR count). The molecule has 0 radical (unpaired) electrons. The zero-order valence-corrected chi connectivity index (χ0v) is 10.7. The normalized spacial score (nSPS) is 9.28. The summed E-state index contributed by atoms with van der Waals surface area (Å²) in [7, 11) is 0. The molecule has 0 spiro atoms. The molecule has 0 saturated heterocycles. The monoisotopic (exact) mass is 250 g/mol. The van der Waals surface area contributed by atoms with E-state index in [1.807, 2.05) is 36.4 Å². The maximum Gasteiger partial charge on any atom is 0.130 e. The zero-order valence-electron chi connectivity index (χ0n) is 9.84. The molecular weight excluding hydrogens is 240 g/mol. The lowest BCUT2D eigenvalue weighted by atomic mass is 10.1. The third-order valence-electron chi connectivity index (χ3n) is 2.46. The second kappa shape index (κ2) is 5.31. The van der Waals surface area contributed by atoms with Crippen molar-refractivity contribution in [3.05, 3.63) is 52.4 Å². The largest absolute Gasteiger partial charge is 0.192 e. The topological polar surface area (TPSA) is 47.6 Å². The van der Waals surface area contributed by atoms with Gasteiger partial charge >= 0.3 is 0 Å². The fourth-order valence-electron chi connectivity index (χ4n) is 1.63. The molecule has 0 unspecified atom stereocenters. The lowest BCUT2D eigenvalue weighted by Gasteiger charge is -1.99. The van der Waals surface area contributed by atoms with Crippen LogP contribution >= 0.6 is 11.3 Å². The lowest BCUT2D eigenvalue weighted by Crippen LogP contribution is -1.78. The summed E-state index contributed by atoms with van der Waals surface area (Å²) in [5.74, 6) is 0. The van der Waals surface area contributed by atoms with Gasteiger partial charge in [-0.1, -0.05) is 18.2 Å². The Morgan fingerprint density at radius 2 is 1.94 bits per heavy atom. The van der Waals surface area contributed by atoms with Crippen molar-refractivity contribution in [2.24, 2.45) is 0 Å². The molecule has 0 amide bonds. The van der Waals surface area contributed by atoms with Gasteiger partial charge in [-0.05, 0) is 42.3 Å². The SMILES string of the molecule is Cc1ccc(-c2cccc(C=C(C#N)C#N)c2)s1. The molecule has 0 aliphatic heterocycles.